The first kappa shape index (κ1) is 15.7. The molecular weight excluding hydrogens is 242 g/mol. The number of aryl methyl sites for hydroxylation is 1. The number of aliphatic hydroxyl groups is 1. The molecule has 108 valence electrons. The molecule has 6 heteroatoms. The highest BCUT2D eigenvalue weighted by atomic mass is 16.3. The van der Waals surface area contributed by atoms with Crippen LogP contribution in [0.4, 0.5) is 11.6 Å². The van der Waals surface area contributed by atoms with E-state index in [0.29, 0.717) is 18.8 Å². The standard InChI is InChI=1S/C13H25N5O/c1-4-6-11-16-12(9(3)13(17-11)18-14)15-8-7-10(19)5-2/h10,19H,4-8,14H2,1-3H3,(H2,15,16,17,18). The van der Waals surface area contributed by atoms with Gasteiger partial charge in [-0.2, -0.15) is 0 Å². The van der Waals surface area contributed by atoms with E-state index < -0.39 is 0 Å². The summed E-state index contributed by atoms with van der Waals surface area (Å²) >= 11 is 0. The Morgan fingerprint density at radius 2 is 1.95 bits per heavy atom. The van der Waals surface area contributed by atoms with Gasteiger partial charge in [0.25, 0.3) is 0 Å². The highest BCUT2D eigenvalue weighted by Crippen LogP contribution is 2.19. The Labute approximate surface area is 114 Å². The number of nitrogens with one attached hydrogen (secondary N) is 2. The zero-order valence-electron chi connectivity index (χ0n) is 12.0. The Hall–Kier alpha value is -1.40. The van der Waals surface area contributed by atoms with Gasteiger partial charge in [0.15, 0.2) is 0 Å². The van der Waals surface area contributed by atoms with Crippen molar-refractivity contribution in [2.24, 2.45) is 5.84 Å². The number of rotatable bonds is 8. The maximum absolute atomic E-state index is 9.54. The summed E-state index contributed by atoms with van der Waals surface area (Å²) in [6.07, 6.45) is 3.01. The third kappa shape index (κ3) is 4.65. The van der Waals surface area contributed by atoms with Crippen LogP contribution >= 0.6 is 0 Å². The van der Waals surface area contributed by atoms with Gasteiger partial charge in [-0.15, -0.1) is 0 Å². The number of nitrogens with two attached hydrogens (primary N) is 1. The number of aliphatic hydroxyl groups excluding tert-OH is 1. The summed E-state index contributed by atoms with van der Waals surface area (Å²) in [6, 6.07) is 0. The maximum Gasteiger partial charge on any atom is 0.148 e. The lowest BCUT2D eigenvalue weighted by molar-refractivity contribution is 0.164. The lowest BCUT2D eigenvalue weighted by Gasteiger charge is -2.14. The first-order valence-electron chi connectivity index (χ1n) is 6.88. The fourth-order valence-electron chi connectivity index (χ4n) is 1.77. The van der Waals surface area contributed by atoms with E-state index in [1.165, 1.54) is 0 Å². The zero-order valence-corrected chi connectivity index (χ0v) is 12.0. The summed E-state index contributed by atoms with van der Waals surface area (Å²) in [5.74, 6) is 7.69. The molecule has 1 rings (SSSR count). The highest BCUT2D eigenvalue weighted by Gasteiger charge is 2.10. The van der Waals surface area contributed by atoms with Crippen molar-refractivity contribution in [1.29, 1.82) is 0 Å². The number of hydrogen-bond donors (Lipinski definition) is 4. The Kier molecular flexibility index (Phi) is 6.52. The number of hydrogen-bond acceptors (Lipinski definition) is 6. The molecule has 1 aromatic heterocycles. The van der Waals surface area contributed by atoms with Crippen molar-refractivity contribution >= 4 is 11.6 Å². The molecule has 0 aromatic carbocycles. The maximum atomic E-state index is 9.54. The van der Waals surface area contributed by atoms with Gasteiger partial charge < -0.3 is 15.8 Å². The van der Waals surface area contributed by atoms with Crippen LogP contribution in [0.2, 0.25) is 0 Å². The first-order chi connectivity index (χ1) is 9.12. The summed E-state index contributed by atoms with van der Waals surface area (Å²) in [7, 11) is 0. The van der Waals surface area contributed by atoms with Crippen LogP contribution in [0.1, 0.15) is 44.5 Å². The second-order valence-corrected chi connectivity index (χ2v) is 4.63. The van der Waals surface area contributed by atoms with E-state index in [4.69, 9.17) is 5.84 Å². The minimum Gasteiger partial charge on any atom is -0.393 e. The predicted molar refractivity (Wildman–Crippen MR) is 78.0 cm³/mol. The van der Waals surface area contributed by atoms with Crippen molar-refractivity contribution < 1.29 is 5.11 Å². The number of nitrogen functional groups attached to an aromatic ring is 1. The van der Waals surface area contributed by atoms with Crippen molar-refractivity contribution in [2.45, 2.75) is 52.6 Å². The van der Waals surface area contributed by atoms with Crippen LogP contribution < -0.4 is 16.6 Å². The Morgan fingerprint density at radius 1 is 1.26 bits per heavy atom. The normalized spacial score (nSPS) is 12.3. The summed E-state index contributed by atoms with van der Waals surface area (Å²) < 4.78 is 0. The van der Waals surface area contributed by atoms with Gasteiger partial charge in [0.1, 0.15) is 17.5 Å². The molecule has 19 heavy (non-hydrogen) atoms. The molecular formula is C13H25N5O. The van der Waals surface area contributed by atoms with Crippen LogP contribution in [0.15, 0.2) is 0 Å². The van der Waals surface area contributed by atoms with Crippen LogP contribution in [0, 0.1) is 6.92 Å². The predicted octanol–water partition coefficient (Wildman–Crippen LogP) is 1.60. The van der Waals surface area contributed by atoms with E-state index in [1.54, 1.807) is 0 Å². The zero-order chi connectivity index (χ0) is 14.3. The SMILES string of the molecule is CCCc1nc(NN)c(C)c(NCCC(O)CC)n1. The molecule has 0 radical (unpaired) electrons. The molecule has 1 atom stereocenters. The van der Waals surface area contributed by atoms with Crippen molar-refractivity contribution in [1.82, 2.24) is 9.97 Å². The molecule has 0 fully saturated rings. The lowest BCUT2D eigenvalue weighted by Crippen LogP contribution is -2.17. The van der Waals surface area contributed by atoms with Crippen LogP contribution in [-0.4, -0.2) is 27.7 Å². The minimum absolute atomic E-state index is 0.267. The Morgan fingerprint density at radius 3 is 2.53 bits per heavy atom. The smallest absolute Gasteiger partial charge is 0.148 e. The monoisotopic (exact) mass is 267 g/mol. The molecule has 0 saturated heterocycles. The van der Waals surface area contributed by atoms with Crippen LogP contribution in [-0.2, 0) is 6.42 Å². The molecule has 1 aromatic rings. The molecule has 0 aliphatic carbocycles. The van der Waals surface area contributed by atoms with E-state index >= 15 is 0 Å². The van der Waals surface area contributed by atoms with Gasteiger partial charge in [-0.05, 0) is 26.2 Å². The first-order valence-corrected chi connectivity index (χ1v) is 6.88. The quantitative estimate of drug-likeness (QED) is 0.422. The molecule has 1 unspecified atom stereocenters. The highest BCUT2D eigenvalue weighted by molar-refractivity contribution is 5.56. The number of aromatic nitrogens is 2. The molecule has 1 heterocycles. The summed E-state index contributed by atoms with van der Waals surface area (Å²) in [5, 5.41) is 12.8. The van der Waals surface area contributed by atoms with Gasteiger partial charge in [-0.25, -0.2) is 15.8 Å². The molecule has 0 aliphatic heterocycles. The summed E-state index contributed by atoms with van der Waals surface area (Å²) in [6.45, 7) is 6.66. The van der Waals surface area contributed by atoms with Gasteiger partial charge in [0, 0.05) is 18.5 Å². The minimum atomic E-state index is -0.267. The van der Waals surface area contributed by atoms with E-state index in [0.717, 1.165) is 36.5 Å². The van der Waals surface area contributed by atoms with Crippen LogP contribution in [0.3, 0.4) is 0 Å². The second-order valence-electron chi connectivity index (χ2n) is 4.63. The molecule has 5 N–H and O–H groups in total. The number of nitrogens with zero attached hydrogens (tertiary/aromatic N) is 2. The molecule has 0 saturated carbocycles. The molecule has 0 bridgehead atoms. The van der Waals surface area contributed by atoms with Crippen molar-refractivity contribution in [3.8, 4) is 0 Å². The van der Waals surface area contributed by atoms with E-state index in [-0.39, 0.29) is 6.10 Å². The summed E-state index contributed by atoms with van der Waals surface area (Å²) in [5.41, 5.74) is 3.50. The van der Waals surface area contributed by atoms with Gasteiger partial charge >= 0.3 is 0 Å². The van der Waals surface area contributed by atoms with E-state index in [1.807, 2.05) is 13.8 Å². The van der Waals surface area contributed by atoms with E-state index in [2.05, 4.69) is 27.6 Å². The van der Waals surface area contributed by atoms with Gasteiger partial charge in [-0.3, -0.25) is 0 Å². The molecule has 0 aliphatic rings. The molecule has 0 spiro atoms. The van der Waals surface area contributed by atoms with Crippen LogP contribution in [0.5, 0.6) is 0 Å². The fourth-order valence-corrected chi connectivity index (χ4v) is 1.77. The average molecular weight is 267 g/mol. The van der Waals surface area contributed by atoms with Crippen molar-refractivity contribution in [3.63, 3.8) is 0 Å². The Balaban J connectivity index is 2.77. The number of anilines is 2. The third-order valence-corrected chi connectivity index (χ3v) is 3.04. The second kappa shape index (κ2) is 7.91. The average Bonchev–Trinajstić information content (AvgIpc) is 2.41. The van der Waals surface area contributed by atoms with Gasteiger partial charge in [-0.1, -0.05) is 13.8 Å². The van der Waals surface area contributed by atoms with Crippen molar-refractivity contribution in [3.05, 3.63) is 11.4 Å². The van der Waals surface area contributed by atoms with Gasteiger partial charge in [0.2, 0.25) is 0 Å². The fraction of sp³-hybridized carbons (Fsp3) is 0.692. The van der Waals surface area contributed by atoms with E-state index in [9.17, 15) is 5.11 Å². The lowest BCUT2D eigenvalue weighted by atomic mass is 10.2. The van der Waals surface area contributed by atoms with Crippen molar-refractivity contribution in [2.75, 3.05) is 17.3 Å². The molecule has 0 amide bonds. The largest absolute Gasteiger partial charge is 0.393 e. The summed E-state index contributed by atoms with van der Waals surface area (Å²) in [4.78, 5) is 8.86. The Bertz CT molecular complexity index is 397. The third-order valence-electron chi connectivity index (χ3n) is 3.04. The van der Waals surface area contributed by atoms with Gasteiger partial charge in [0.05, 0.1) is 6.10 Å². The molecule has 6 nitrogen and oxygen atoms in total. The number of hydrazine groups is 1. The topological polar surface area (TPSA) is 96.1 Å². The van der Waals surface area contributed by atoms with Crippen LogP contribution in [0.25, 0.3) is 0 Å².